The molecule has 6 nitrogen and oxygen atoms in total. The highest BCUT2D eigenvalue weighted by molar-refractivity contribution is 7.89. The molecular weight excluding hydrogens is 280 g/mol. The zero-order valence-electron chi connectivity index (χ0n) is 11.7. The Morgan fingerprint density at radius 3 is 2.60 bits per heavy atom. The molecular formula is C13H20N2O4S. The number of rotatable bonds is 4. The number of hydrogen-bond donors (Lipinski definition) is 2. The fourth-order valence-electron chi connectivity index (χ4n) is 2.65. The third-order valence-corrected chi connectivity index (χ3v) is 5.38. The predicted octanol–water partition coefficient (Wildman–Crippen LogP) is 1.58. The number of aryl methyl sites for hydroxylation is 1. The molecule has 7 heteroatoms. The summed E-state index contributed by atoms with van der Waals surface area (Å²) in [6.45, 7) is 2.04. The minimum Gasteiger partial charge on any atom is -0.477 e. The average Bonchev–Trinajstić information content (AvgIpc) is 2.75. The van der Waals surface area contributed by atoms with Crippen molar-refractivity contribution in [1.82, 2.24) is 9.29 Å². The summed E-state index contributed by atoms with van der Waals surface area (Å²) in [6.07, 6.45) is 5.33. The van der Waals surface area contributed by atoms with Gasteiger partial charge in [-0.1, -0.05) is 19.8 Å². The van der Waals surface area contributed by atoms with Crippen molar-refractivity contribution in [3.8, 4) is 0 Å². The van der Waals surface area contributed by atoms with Crippen LogP contribution in [-0.4, -0.2) is 30.1 Å². The zero-order valence-corrected chi connectivity index (χ0v) is 12.5. The van der Waals surface area contributed by atoms with E-state index in [0.29, 0.717) is 5.92 Å². The predicted molar refractivity (Wildman–Crippen MR) is 74.1 cm³/mol. The summed E-state index contributed by atoms with van der Waals surface area (Å²) in [6, 6.07) is 1.13. The number of carboxylic acids is 1. The third-order valence-electron chi connectivity index (χ3n) is 3.93. The number of carbonyl (C=O) groups is 1. The van der Waals surface area contributed by atoms with Crippen molar-refractivity contribution < 1.29 is 18.3 Å². The van der Waals surface area contributed by atoms with Gasteiger partial charge in [0.25, 0.3) is 0 Å². The molecule has 20 heavy (non-hydrogen) atoms. The molecule has 1 saturated carbocycles. The van der Waals surface area contributed by atoms with E-state index in [9.17, 15) is 13.2 Å². The summed E-state index contributed by atoms with van der Waals surface area (Å²) in [4.78, 5) is 11.0. The molecule has 1 heterocycles. The first-order valence-corrected chi connectivity index (χ1v) is 8.21. The van der Waals surface area contributed by atoms with Crippen LogP contribution in [0.15, 0.2) is 17.2 Å². The number of hydrogen-bond acceptors (Lipinski definition) is 3. The van der Waals surface area contributed by atoms with Crippen molar-refractivity contribution in [1.29, 1.82) is 0 Å². The second-order valence-corrected chi connectivity index (χ2v) is 7.18. The van der Waals surface area contributed by atoms with E-state index in [1.807, 2.05) is 6.92 Å². The van der Waals surface area contributed by atoms with Gasteiger partial charge in [0.2, 0.25) is 10.0 Å². The highest BCUT2D eigenvalue weighted by Gasteiger charge is 2.28. The van der Waals surface area contributed by atoms with E-state index >= 15 is 0 Å². The molecule has 2 rings (SSSR count). The first kappa shape index (κ1) is 15.1. The first-order valence-electron chi connectivity index (χ1n) is 6.73. The lowest BCUT2D eigenvalue weighted by molar-refractivity contribution is 0.0686. The molecule has 2 N–H and O–H groups in total. The molecule has 1 aromatic rings. The van der Waals surface area contributed by atoms with E-state index in [2.05, 4.69) is 4.72 Å². The molecule has 1 aromatic heterocycles. The van der Waals surface area contributed by atoms with E-state index in [4.69, 9.17) is 5.11 Å². The molecule has 2 atom stereocenters. The molecule has 1 aliphatic rings. The van der Waals surface area contributed by atoms with Crippen LogP contribution in [0.3, 0.4) is 0 Å². The number of carboxylic acid groups (broad SMARTS) is 1. The lowest BCUT2D eigenvalue weighted by atomic mass is 9.87. The third kappa shape index (κ3) is 3.04. The largest absolute Gasteiger partial charge is 0.477 e. The number of nitrogens with one attached hydrogen (secondary N) is 1. The van der Waals surface area contributed by atoms with E-state index in [1.54, 1.807) is 0 Å². The highest BCUT2D eigenvalue weighted by Crippen LogP contribution is 2.25. The number of sulfonamides is 1. The van der Waals surface area contributed by atoms with Crippen LogP contribution >= 0.6 is 0 Å². The Labute approximate surface area is 118 Å². The Kier molecular flexibility index (Phi) is 4.19. The van der Waals surface area contributed by atoms with Crippen LogP contribution in [0.4, 0.5) is 0 Å². The number of nitrogens with zero attached hydrogens (tertiary/aromatic N) is 1. The van der Waals surface area contributed by atoms with Crippen molar-refractivity contribution in [3.63, 3.8) is 0 Å². The van der Waals surface area contributed by atoms with Gasteiger partial charge in [-0.2, -0.15) is 0 Å². The van der Waals surface area contributed by atoms with Gasteiger partial charge in [-0.15, -0.1) is 0 Å². The van der Waals surface area contributed by atoms with Gasteiger partial charge in [0.05, 0.1) is 0 Å². The first-order chi connectivity index (χ1) is 9.31. The second kappa shape index (κ2) is 5.57. The Balaban J connectivity index is 2.22. The smallest absolute Gasteiger partial charge is 0.352 e. The van der Waals surface area contributed by atoms with Gasteiger partial charge in [0.15, 0.2) is 0 Å². The Hall–Kier alpha value is -1.34. The Morgan fingerprint density at radius 2 is 2.05 bits per heavy atom. The summed E-state index contributed by atoms with van der Waals surface area (Å²) in [5.41, 5.74) is -0.0398. The van der Waals surface area contributed by atoms with Crippen molar-refractivity contribution in [2.45, 2.75) is 43.5 Å². The normalized spacial score (nSPS) is 23.7. The van der Waals surface area contributed by atoms with Crippen LogP contribution in [0.25, 0.3) is 0 Å². The van der Waals surface area contributed by atoms with Crippen molar-refractivity contribution >= 4 is 16.0 Å². The molecule has 0 amide bonds. The monoisotopic (exact) mass is 300 g/mol. The van der Waals surface area contributed by atoms with Gasteiger partial charge in [0.1, 0.15) is 10.6 Å². The summed E-state index contributed by atoms with van der Waals surface area (Å²) in [5.74, 6) is -0.832. The Bertz CT molecular complexity index is 606. The minimum absolute atomic E-state index is 0.00942. The fourth-order valence-corrected chi connectivity index (χ4v) is 4.10. The maximum atomic E-state index is 12.3. The van der Waals surface area contributed by atoms with E-state index in [-0.39, 0.29) is 16.6 Å². The summed E-state index contributed by atoms with van der Waals surface area (Å²) in [7, 11) is -2.14. The molecule has 0 radical (unpaired) electrons. The molecule has 112 valence electrons. The van der Waals surface area contributed by atoms with Crippen LogP contribution in [-0.2, 0) is 17.1 Å². The summed E-state index contributed by atoms with van der Waals surface area (Å²) >= 11 is 0. The van der Waals surface area contributed by atoms with Crippen LogP contribution in [0.1, 0.15) is 43.1 Å². The number of aromatic carboxylic acids is 1. The van der Waals surface area contributed by atoms with Crippen LogP contribution in [0.5, 0.6) is 0 Å². The van der Waals surface area contributed by atoms with E-state index in [1.165, 1.54) is 23.9 Å². The van der Waals surface area contributed by atoms with Crippen LogP contribution in [0, 0.1) is 5.92 Å². The summed E-state index contributed by atoms with van der Waals surface area (Å²) in [5, 5.41) is 8.97. The molecule has 1 fully saturated rings. The van der Waals surface area contributed by atoms with Crippen molar-refractivity contribution in [2.24, 2.45) is 13.0 Å². The average molecular weight is 300 g/mol. The van der Waals surface area contributed by atoms with Crippen molar-refractivity contribution in [3.05, 3.63) is 18.0 Å². The molecule has 0 aliphatic heterocycles. The minimum atomic E-state index is -3.66. The lowest BCUT2D eigenvalue weighted by Crippen LogP contribution is -2.40. The maximum absolute atomic E-state index is 12.3. The van der Waals surface area contributed by atoms with Gasteiger partial charge < -0.3 is 9.67 Å². The van der Waals surface area contributed by atoms with E-state index < -0.39 is 16.0 Å². The Morgan fingerprint density at radius 1 is 1.40 bits per heavy atom. The van der Waals surface area contributed by atoms with E-state index in [0.717, 1.165) is 25.7 Å². The fraction of sp³-hybridized carbons (Fsp3) is 0.615. The lowest BCUT2D eigenvalue weighted by Gasteiger charge is -2.29. The second-order valence-electron chi connectivity index (χ2n) is 5.47. The van der Waals surface area contributed by atoms with Gasteiger partial charge >= 0.3 is 5.97 Å². The van der Waals surface area contributed by atoms with Gasteiger partial charge in [-0.25, -0.2) is 17.9 Å². The molecule has 0 aromatic carbocycles. The van der Waals surface area contributed by atoms with Crippen LogP contribution < -0.4 is 4.72 Å². The topological polar surface area (TPSA) is 88.4 Å². The number of aromatic nitrogens is 1. The SMILES string of the molecule is CC1CCCCC1NS(=O)(=O)c1cc(C(=O)O)n(C)c1. The van der Waals surface area contributed by atoms with Crippen LogP contribution in [0.2, 0.25) is 0 Å². The quantitative estimate of drug-likeness (QED) is 0.883. The zero-order chi connectivity index (χ0) is 14.9. The van der Waals surface area contributed by atoms with Gasteiger partial charge in [0, 0.05) is 19.3 Å². The molecule has 0 saturated heterocycles. The highest BCUT2D eigenvalue weighted by atomic mass is 32.2. The molecule has 2 unspecified atom stereocenters. The summed E-state index contributed by atoms with van der Waals surface area (Å²) < 4.78 is 28.6. The standard InChI is InChI=1S/C13H20N2O4S/c1-9-5-3-4-6-11(9)14-20(18,19)10-7-12(13(16)17)15(2)8-10/h7-9,11,14H,3-6H2,1-2H3,(H,16,17). The van der Waals surface area contributed by atoms with Crippen molar-refractivity contribution in [2.75, 3.05) is 0 Å². The van der Waals surface area contributed by atoms with Gasteiger partial charge in [-0.3, -0.25) is 0 Å². The van der Waals surface area contributed by atoms with Gasteiger partial charge in [-0.05, 0) is 24.8 Å². The molecule has 1 aliphatic carbocycles. The molecule has 0 spiro atoms. The maximum Gasteiger partial charge on any atom is 0.352 e. The molecule has 0 bridgehead atoms.